The molecule has 0 radical (unpaired) electrons. The van der Waals surface area contributed by atoms with Crippen LogP contribution in [-0.4, -0.2) is 43.4 Å². The number of hydrogen-bond donors (Lipinski definition) is 2. The molecule has 0 bridgehead atoms. The van der Waals surface area contributed by atoms with Gasteiger partial charge >= 0.3 is 5.97 Å². The standard InChI is InChI=1S/C12H24N2O4S/c1-12(2,3)6-7-13-19(17,18)14-8-4-10(5-9-14)11(15)16/h10,13H,4-9H2,1-3H3,(H,15,16). The average Bonchev–Trinajstić information content (AvgIpc) is 2.27. The maximum absolute atomic E-state index is 12.0. The minimum absolute atomic E-state index is 0.0822. The molecule has 1 fully saturated rings. The molecular formula is C12H24N2O4S. The molecule has 0 aromatic rings. The third-order valence-corrected chi connectivity index (χ3v) is 4.92. The molecule has 1 heterocycles. The lowest BCUT2D eigenvalue weighted by atomic mass is 9.93. The second-order valence-corrected chi connectivity index (χ2v) is 7.98. The van der Waals surface area contributed by atoms with E-state index in [1.807, 2.05) is 0 Å². The van der Waals surface area contributed by atoms with Gasteiger partial charge in [-0.15, -0.1) is 0 Å². The van der Waals surface area contributed by atoms with Crippen molar-refractivity contribution >= 4 is 16.2 Å². The molecule has 0 atom stereocenters. The zero-order valence-electron chi connectivity index (χ0n) is 11.8. The SMILES string of the molecule is CC(C)(C)CCNS(=O)(=O)N1CCC(C(=O)O)CC1. The van der Waals surface area contributed by atoms with Gasteiger partial charge in [-0.25, -0.2) is 4.72 Å². The molecule has 1 rings (SSSR count). The number of carbonyl (C=O) groups is 1. The summed E-state index contributed by atoms with van der Waals surface area (Å²) in [4.78, 5) is 10.8. The van der Waals surface area contributed by atoms with E-state index in [0.717, 1.165) is 6.42 Å². The minimum Gasteiger partial charge on any atom is -0.481 e. The van der Waals surface area contributed by atoms with Crippen LogP contribution in [0.15, 0.2) is 0 Å². The number of carboxylic acids is 1. The van der Waals surface area contributed by atoms with Gasteiger partial charge < -0.3 is 5.11 Å². The number of rotatable bonds is 5. The maximum Gasteiger partial charge on any atom is 0.306 e. The topological polar surface area (TPSA) is 86.7 Å². The lowest BCUT2D eigenvalue weighted by molar-refractivity contribution is -0.142. The molecule has 2 N–H and O–H groups in total. The van der Waals surface area contributed by atoms with Crippen LogP contribution in [0, 0.1) is 11.3 Å². The van der Waals surface area contributed by atoms with Crippen molar-refractivity contribution in [1.29, 1.82) is 0 Å². The Balaban J connectivity index is 2.45. The highest BCUT2D eigenvalue weighted by molar-refractivity contribution is 7.87. The van der Waals surface area contributed by atoms with Crippen LogP contribution in [0.2, 0.25) is 0 Å². The Kier molecular flexibility index (Phi) is 5.34. The van der Waals surface area contributed by atoms with E-state index in [2.05, 4.69) is 25.5 Å². The predicted octanol–water partition coefficient (Wildman–Crippen LogP) is 1.05. The van der Waals surface area contributed by atoms with Crippen LogP contribution in [0.5, 0.6) is 0 Å². The van der Waals surface area contributed by atoms with Crippen molar-refractivity contribution in [2.24, 2.45) is 11.3 Å². The first-order chi connectivity index (χ1) is 8.62. The van der Waals surface area contributed by atoms with Gasteiger partial charge in [-0.2, -0.15) is 12.7 Å². The van der Waals surface area contributed by atoms with Crippen LogP contribution < -0.4 is 4.72 Å². The molecule has 0 aliphatic carbocycles. The van der Waals surface area contributed by atoms with Crippen LogP contribution in [0.4, 0.5) is 0 Å². The smallest absolute Gasteiger partial charge is 0.306 e. The molecule has 0 saturated carbocycles. The van der Waals surface area contributed by atoms with Crippen molar-refractivity contribution in [3.05, 3.63) is 0 Å². The number of carboxylic acid groups (broad SMARTS) is 1. The molecule has 19 heavy (non-hydrogen) atoms. The summed E-state index contributed by atoms with van der Waals surface area (Å²) in [7, 11) is -3.46. The number of aliphatic carboxylic acids is 1. The highest BCUT2D eigenvalue weighted by atomic mass is 32.2. The van der Waals surface area contributed by atoms with Gasteiger partial charge in [0.15, 0.2) is 0 Å². The summed E-state index contributed by atoms with van der Waals surface area (Å²) in [5.74, 6) is -1.25. The normalized spacial score (nSPS) is 19.5. The number of nitrogens with zero attached hydrogens (tertiary/aromatic N) is 1. The van der Waals surface area contributed by atoms with E-state index >= 15 is 0 Å². The fourth-order valence-electron chi connectivity index (χ4n) is 1.99. The number of piperidine rings is 1. The zero-order valence-corrected chi connectivity index (χ0v) is 12.7. The van der Waals surface area contributed by atoms with Crippen molar-refractivity contribution in [2.45, 2.75) is 40.0 Å². The van der Waals surface area contributed by atoms with E-state index in [9.17, 15) is 13.2 Å². The Morgan fingerprint density at radius 2 is 1.84 bits per heavy atom. The lowest BCUT2D eigenvalue weighted by Crippen LogP contribution is -2.46. The Bertz CT molecular complexity index is 406. The zero-order chi connectivity index (χ0) is 14.7. The Morgan fingerprint density at radius 3 is 2.26 bits per heavy atom. The number of nitrogens with one attached hydrogen (secondary N) is 1. The van der Waals surface area contributed by atoms with E-state index in [0.29, 0.717) is 19.4 Å². The highest BCUT2D eigenvalue weighted by Gasteiger charge is 2.30. The van der Waals surface area contributed by atoms with E-state index in [-0.39, 0.29) is 18.5 Å². The molecule has 0 aromatic heterocycles. The van der Waals surface area contributed by atoms with Gasteiger partial charge in [-0.1, -0.05) is 20.8 Å². The third kappa shape index (κ3) is 5.46. The molecule has 0 spiro atoms. The first-order valence-electron chi connectivity index (χ1n) is 6.59. The van der Waals surface area contributed by atoms with Crippen LogP contribution >= 0.6 is 0 Å². The van der Waals surface area contributed by atoms with E-state index in [1.165, 1.54) is 4.31 Å². The molecule has 1 saturated heterocycles. The number of hydrogen-bond acceptors (Lipinski definition) is 3. The first-order valence-corrected chi connectivity index (χ1v) is 8.03. The van der Waals surface area contributed by atoms with Crippen molar-refractivity contribution in [3.8, 4) is 0 Å². The van der Waals surface area contributed by atoms with Crippen LogP contribution in [0.3, 0.4) is 0 Å². The first kappa shape index (κ1) is 16.4. The van der Waals surface area contributed by atoms with Gasteiger partial charge in [0.25, 0.3) is 10.2 Å². The van der Waals surface area contributed by atoms with Gasteiger partial charge in [0.05, 0.1) is 5.92 Å². The quantitative estimate of drug-likeness (QED) is 0.793. The Labute approximate surface area is 115 Å². The van der Waals surface area contributed by atoms with Crippen molar-refractivity contribution in [2.75, 3.05) is 19.6 Å². The highest BCUT2D eigenvalue weighted by Crippen LogP contribution is 2.20. The van der Waals surface area contributed by atoms with Gasteiger partial charge in [0.2, 0.25) is 0 Å². The molecule has 0 amide bonds. The molecule has 0 unspecified atom stereocenters. The summed E-state index contributed by atoms with van der Waals surface area (Å²) in [5.41, 5.74) is 0.0822. The Hall–Kier alpha value is -0.660. The van der Waals surface area contributed by atoms with E-state index in [1.54, 1.807) is 0 Å². The van der Waals surface area contributed by atoms with E-state index < -0.39 is 22.1 Å². The summed E-state index contributed by atoms with van der Waals surface area (Å²) >= 11 is 0. The van der Waals surface area contributed by atoms with Crippen LogP contribution in [0.25, 0.3) is 0 Å². The second kappa shape index (κ2) is 6.19. The maximum atomic E-state index is 12.0. The van der Waals surface area contributed by atoms with Crippen LogP contribution in [-0.2, 0) is 15.0 Å². The molecule has 6 nitrogen and oxygen atoms in total. The fourth-order valence-corrected chi connectivity index (χ4v) is 3.22. The summed E-state index contributed by atoms with van der Waals surface area (Å²) in [5, 5.41) is 8.87. The lowest BCUT2D eigenvalue weighted by Gasteiger charge is -2.29. The van der Waals surface area contributed by atoms with Crippen molar-refractivity contribution in [1.82, 2.24) is 9.03 Å². The molecule has 7 heteroatoms. The van der Waals surface area contributed by atoms with E-state index in [4.69, 9.17) is 5.11 Å². The predicted molar refractivity (Wildman–Crippen MR) is 72.9 cm³/mol. The van der Waals surface area contributed by atoms with Gasteiger partial charge in [0, 0.05) is 19.6 Å². The van der Waals surface area contributed by atoms with Gasteiger partial charge in [-0.05, 0) is 24.7 Å². The largest absolute Gasteiger partial charge is 0.481 e. The molecule has 1 aliphatic heterocycles. The molecule has 1 aliphatic rings. The molecule has 112 valence electrons. The van der Waals surface area contributed by atoms with Crippen molar-refractivity contribution in [3.63, 3.8) is 0 Å². The summed E-state index contributed by atoms with van der Waals surface area (Å²) < 4.78 is 28.0. The monoisotopic (exact) mass is 292 g/mol. The van der Waals surface area contributed by atoms with Gasteiger partial charge in [0.1, 0.15) is 0 Å². The summed E-state index contributed by atoms with van der Waals surface area (Å²) in [6.07, 6.45) is 1.53. The Morgan fingerprint density at radius 1 is 1.32 bits per heavy atom. The third-order valence-electron chi connectivity index (χ3n) is 3.30. The second-order valence-electron chi connectivity index (χ2n) is 6.22. The summed E-state index contributed by atoms with van der Waals surface area (Å²) in [6, 6.07) is 0. The molecule has 0 aromatic carbocycles. The average molecular weight is 292 g/mol. The minimum atomic E-state index is -3.46. The summed E-state index contributed by atoms with van der Waals surface area (Å²) in [6.45, 7) is 7.13. The fraction of sp³-hybridized carbons (Fsp3) is 0.917. The van der Waals surface area contributed by atoms with Gasteiger partial charge in [-0.3, -0.25) is 4.79 Å². The van der Waals surface area contributed by atoms with Crippen LogP contribution in [0.1, 0.15) is 40.0 Å². The van der Waals surface area contributed by atoms with Crippen molar-refractivity contribution < 1.29 is 18.3 Å². The molecular weight excluding hydrogens is 268 g/mol.